The summed E-state index contributed by atoms with van der Waals surface area (Å²) in [6.07, 6.45) is 0.0573. The van der Waals surface area contributed by atoms with Crippen LogP contribution in [0.5, 0.6) is 0 Å². The van der Waals surface area contributed by atoms with Crippen LogP contribution in [-0.4, -0.2) is 43.4 Å². The SMILES string of the molecule is CCOC(=O)Cc1nnc(S[C@H](C)C(=O)c2c(C)[nH]c3ccccc23)n1C. The van der Waals surface area contributed by atoms with E-state index in [1.54, 1.807) is 18.5 Å². The van der Waals surface area contributed by atoms with E-state index in [2.05, 4.69) is 15.2 Å². The van der Waals surface area contributed by atoms with Crippen LogP contribution in [0.25, 0.3) is 10.9 Å². The lowest BCUT2D eigenvalue weighted by Crippen LogP contribution is -2.16. The molecule has 0 bridgehead atoms. The summed E-state index contributed by atoms with van der Waals surface area (Å²) < 4.78 is 6.68. The first-order chi connectivity index (χ1) is 12.9. The van der Waals surface area contributed by atoms with Crippen LogP contribution in [0, 0.1) is 6.92 Å². The first kappa shape index (κ1) is 19.2. The van der Waals surface area contributed by atoms with Crippen molar-refractivity contribution < 1.29 is 14.3 Å². The average Bonchev–Trinajstić information content (AvgIpc) is 3.14. The molecule has 1 N–H and O–H groups in total. The zero-order chi connectivity index (χ0) is 19.6. The number of hydrogen-bond acceptors (Lipinski definition) is 6. The molecule has 3 rings (SSSR count). The van der Waals surface area contributed by atoms with Crippen LogP contribution < -0.4 is 0 Å². The zero-order valence-electron chi connectivity index (χ0n) is 15.8. The van der Waals surface area contributed by atoms with Gasteiger partial charge >= 0.3 is 5.97 Å². The monoisotopic (exact) mass is 386 g/mol. The Morgan fingerprint density at radius 2 is 2.04 bits per heavy atom. The van der Waals surface area contributed by atoms with E-state index < -0.39 is 0 Å². The first-order valence-electron chi connectivity index (χ1n) is 8.74. The fraction of sp³-hybridized carbons (Fsp3) is 0.368. The molecule has 142 valence electrons. The van der Waals surface area contributed by atoms with Gasteiger partial charge in [0.25, 0.3) is 0 Å². The molecule has 0 unspecified atom stereocenters. The Kier molecular flexibility index (Phi) is 5.65. The molecule has 0 amide bonds. The van der Waals surface area contributed by atoms with Gasteiger partial charge in [-0.25, -0.2) is 0 Å². The Bertz CT molecular complexity index is 992. The summed E-state index contributed by atoms with van der Waals surface area (Å²) in [4.78, 5) is 28.0. The second-order valence-electron chi connectivity index (χ2n) is 6.23. The Morgan fingerprint density at radius 3 is 2.78 bits per heavy atom. The number of fused-ring (bicyclic) bond motifs is 1. The summed E-state index contributed by atoms with van der Waals surface area (Å²) in [6, 6.07) is 7.77. The summed E-state index contributed by atoms with van der Waals surface area (Å²) in [7, 11) is 1.78. The molecule has 2 aromatic heterocycles. The molecule has 0 fully saturated rings. The predicted octanol–water partition coefficient (Wildman–Crippen LogP) is 3.07. The van der Waals surface area contributed by atoms with Crippen LogP contribution in [0.4, 0.5) is 0 Å². The molecule has 2 heterocycles. The number of thioether (sulfide) groups is 1. The van der Waals surface area contributed by atoms with E-state index in [9.17, 15) is 9.59 Å². The van der Waals surface area contributed by atoms with Gasteiger partial charge in [0.2, 0.25) is 0 Å². The molecule has 7 nitrogen and oxygen atoms in total. The van der Waals surface area contributed by atoms with Gasteiger partial charge in [-0.3, -0.25) is 9.59 Å². The minimum absolute atomic E-state index is 0.0323. The standard InChI is InChI=1S/C19H22N4O3S/c1-5-26-16(24)10-15-21-22-19(23(15)4)27-12(3)18(25)17-11(2)20-14-9-7-6-8-13(14)17/h6-9,12,20H,5,10H2,1-4H3/t12-/m1/s1. The number of ether oxygens (including phenoxy) is 1. The molecule has 0 radical (unpaired) electrons. The average molecular weight is 386 g/mol. The normalized spacial score (nSPS) is 12.3. The van der Waals surface area contributed by atoms with Crippen LogP contribution in [-0.2, 0) is 23.0 Å². The number of aryl methyl sites for hydroxylation is 1. The highest BCUT2D eigenvalue weighted by Gasteiger charge is 2.24. The van der Waals surface area contributed by atoms with Crippen molar-refractivity contribution in [2.45, 2.75) is 37.6 Å². The lowest BCUT2D eigenvalue weighted by atomic mass is 10.1. The van der Waals surface area contributed by atoms with E-state index in [4.69, 9.17) is 4.74 Å². The van der Waals surface area contributed by atoms with Crippen molar-refractivity contribution in [2.75, 3.05) is 6.61 Å². The molecular formula is C19H22N4O3S. The Labute approximate surface area is 161 Å². The van der Waals surface area contributed by atoms with Gasteiger partial charge in [-0.15, -0.1) is 10.2 Å². The highest BCUT2D eigenvalue weighted by Crippen LogP contribution is 2.29. The quantitative estimate of drug-likeness (QED) is 0.381. The van der Waals surface area contributed by atoms with Gasteiger partial charge in [-0.1, -0.05) is 30.0 Å². The van der Waals surface area contributed by atoms with Gasteiger partial charge in [0, 0.05) is 29.2 Å². The summed E-state index contributed by atoms with van der Waals surface area (Å²) in [5.41, 5.74) is 2.51. The molecule has 1 aromatic carbocycles. The van der Waals surface area contributed by atoms with E-state index in [0.717, 1.165) is 16.6 Å². The zero-order valence-corrected chi connectivity index (χ0v) is 16.6. The summed E-state index contributed by atoms with van der Waals surface area (Å²) in [5.74, 6) is 0.201. The number of carbonyl (C=O) groups excluding carboxylic acids is 2. The molecule has 0 aliphatic heterocycles. The van der Waals surface area contributed by atoms with E-state index in [0.29, 0.717) is 23.2 Å². The minimum Gasteiger partial charge on any atom is -0.466 e. The van der Waals surface area contributed by atoms with E-state index in [-0.39, 0.29) is 23.4 Å². The van der Waals surface area contributed by atoms with Crippen molar-refractivity contribution in [1.82, 2.24) is 19.7 Å². The molecule has 0 aliphatic rings. The number of nitrogens with one attached hydrogen (secondary N) is 1. The Morgan fingerprint density at radius 1 is 1.30 bits per heavy atom. The van der Waals surface area contributed by atoms with Gasteiger partial charge in [0.1, 0.15) is 12.2 Å². The number of benzene rings is 1. The van der Waals surface area contributed by atoms with Crippen LogP contribution in [0.1, 0.15) is 35.7 Å². The number of ketones is 1. The van der Waals surface area contributed by atoms with E-state index in [1.165, 1.54) is 11.8 Å². The van der Waals surface area contributed by atoms with Crippen molar-refractivity contribution in [3.8, 4) is 0 Å². The van der Waals surface area contributed by atoms with Gasteiger partial charge in [0.15, 0.2) is 10.9 Å². The van der Waals surface area contributed by atoms with Crippen molar-refractivity contribution in [3.63, 3.8) is 0 Å². The second kappa shape index (κ2) is 7.96. The fourth-order valence-electron chi connectivity index (χ4n) is 2.95. The van der Waals surface area contributed by atoms with Crippen LogP contribution in [0.3, 0.4) is 0 Å². The predicted molar refractivity (Wildman–Crippen MR) is 104 cm³/mol. The molecule has 0 saturated carbocycles. The molecule has 3 aromatic rings. The van der Waals surface area contributed by atoms with Crippen LogP contribution in [0.2, 0.25) is 0 Å². The molecule has 0 spiro atoms. The van der Waals surface area contributed by atoms with Crippen molar-refractivity contribution >= 4 is 34.4 Å². The molecule has 8 heteroatoms. The maximum absolute atomic E-state index is 13.1. The number of hydrogen-bond donors (Lipinski definition) is 1. The van der Waals surface area contributed by atoms with Gasteiger partial charge < -0.3 is 14.3 Å². The molecule has 0 aliphatic carbocycles. The second-order valence-corrected chi connectivity index (χ2v) is 7.54. The lowest BCUT2D eigenvalue weighted by Gasteiger charge is -2.10. The number of Topliss-reactive ketones (excluding diaryl/α,β-unsaturated/α-hetero) is 1. The van der Waals surface area contributed by atoms with Crippen LogP contribution in [0.15, 0.2) is 29.4 Å². The number of H-pyrrole nitrogens is 1. The maximum atomic E-state index is 13.1. The third-order valence-electron chi connectivity index (χ3n) is 4.32. The van der Waals surface area contributed by atoms with Crippen molar-refractivity contribution in [1.29, 1.82) is 0 Å². The molecule has 27 heavy (non-hydrogen) atoms. The highest BCUT2D eigenvalue weighted by atomic mass is 32.2. The minimum atomic E-state index is -0.346. The van der Waals surface area contributed by atoms with Crippen LogP contribution >= 0.6 is 11.8 Å². The van der Waals surface area contributed by atoms with Gasteiger partial charge in [0.05, 0.1) is 11.9 Å². The number of aromatic nitrogens is 4. The number of aromatic amines is 1. The van der Waals surface area contributed by atoms with E-state index in [1.807, 2.05) is 38.1 Å². The summed E-state index contributed by atoms with van der Waals surface area (Å²) >= 11 is 1.33. The molecule has 0 saturated heterocycles. The smallest absolute Gasteiger partial charge is 0.313 e. The van der Waals surface area contributed by atoms with Gasteiger partial charge in [-0.05, 0) is 26.8 Å². The third-order valence-corrected chi connectivity index (χ3v) is 5.46. The number of carbonyl (C=O) groups is 2. The largest absolute Gasteiger partial charge is 0.466 e. The summed E-state index contributed by atoms with van der Waals surface area (Å²) in [5, 5.41) is 9.35. The van der Waals surface area contributed by atoms with Gasteiger partial charge in [-0.2, -0.15) is 0 Å². The highest BCUT2D eigenvalue weighted by molar-refractivity contribution is 8.00. The van der Waals surface area contributed by atoms with E-state index >= 15 is 0 Å². The number of para-hydroxylation sites is 1. The topological polar surface area (TPSA) is 89.9 Å². The maximum Gasteiger partial charge on any atom is 0.313 e. The summed E-state index contributed by atoms with van der Waals surface area (Å²) in [6.45, 7) is 5.85. The molecular weight excluding hydrogens is 364 g/mol. The molecule has 1 atom stereocenters. The third kappa shape index (κ3) is 3.90. The first-order valence-corrected chi connectivity index (χ1v) is 9.62. The number of rotatable bonds is 7. The number of nitrogens with zero attached hydrogens (tertiary/aromatic N) is 3. The van der Waals surface area contributed by atoms with Crippen molar-refractivity contribution in [3.05, 3.63) is 41.3 Å². The fourth-order valence-corrected chi connectivity index (χ4v) is 3.84. The van der Waals surface area contributed by atoms with Crippen molar-refractivity contribution in [2.24, 2.45) is 7.05 Å². The lowest BCUT2D eigenvalue weighted by molar-refractivity contribution is -0.142. The Hall–Kier alpha value is -2.61. The Balaban J connectivity index is 1.78. The number of esters is 1.